The van der Waals surface area contributed by atoms with Gasteiger partial charge < -0.3 is 10.2 Å². The van der Waals surface area contributed by atoms with E-state index < -0.39 is 5.41 Å². The predicted molar refractivity (Wildman–Crippen MR) is 248 cm³/mol. The standard InChI is InChI=1S/C57H39N3/c1-4-16-38(17-5-1)39-28-30-42(31-29-39)56-58-51(41-19-6-2-7-20-41)37-52(59-56)43-32-34-46-50(36-43)57(49-35-33-40-18-10-11-23-45(40)55(46)49)47-24-12-14-26-53(47)60(44-21-8-3-9-22-44)54-27-15-13-25-48(54)57/h1-37,56,58H. The van der Waals surface area contributed by atoms with Crippen LogP contribution in [0.15, 0.2) is 229 Å². The van der Waals surface area contributed by atoms with Gasteiger partial charge in [-0.05, 0) is 103 Å². The fourth-order valence-corrected chi connectivity index (χ4v) is 10.1. The van der Waals surface area contributed by atoms with Crippen LogP contribution in [-0.2, 0) is 5.41 Å². The van der Waals surface area contributed by atoms with Gasteiger partial charge in [-0.15, -0.1) is 0 Å². The van der Waals surface area contributed by atoms with Crippen molar-refractivity contribution in [2.24, 2.45) is 4.99 Å². The molecule has 0 aromatic heterocycles. The first-order valence-electron chi connectivity index (χ1n) is 20.7. The Bertz CT molecular complexity index is 3120. The number of nitrogens with one attached hydrogen (secondary N) is 1. The van der Waals surface area contributed by atoms with Crippen LogP contribution in [0.25, 0.3) is 38.7 Å². The molecule has 2 aliphatic heterocycles. The van der Waals surface area contributed by atoms with E-state index in [0.717, 1.165) is 33.8 Å². The second-order valence-electron chi connectivity index (χ2n) is 15.9. The first-order valence-corrected chi connectivity index (χ1v) is 20.7. The fraction of sp³-hybridized carbons (Fsp3) is 0.0351. The first-order chi connectivity index (χ1) is 29.8. The maximum atomic E-state index is 5.52. The van der Waals surface area contributed by atoms with Crippen LogP contribution < -0.4 is 10.2 Å². The average Bonchev–Trinajstić information content (AvgIpc) is 3.63. The van der Waals surface area contributed by atoms with Crippen molar-refractivity contribution in [2.75, 3.05) is 4.90 Å². The molecule has 0 saturated carbocycles. The van der Waals surface area contributed by atoms with Crippen LogP contribution in [0.3, 0.4) is 0 Å². The quantitative estimate of drug-likeness (QED) is 0.189. The number of hydrogen-bond donors (Lipinski definition) is 1. The summed E-state index contributed by atoms with van der Waals surface area (Å²) in [4.78, 5) is 7.96. The SMILES string of the molecule is C1=C(c2ccccc2)NC(c2ccc(-c3ccccc3)cc2)N=C1c1ccc2c(c1)C1(c3ccccc3N(c3ccccc3)c3ccccc31)c1ccc3ccccc3c1-2. The number of nitrogens with zero attached hydrogens (tertiary/aromatic N) is 2. The van der Waals surface area contributed by atoms with E-state index in [9.17, 15) is 0 Å². The molecule has 1 unspecified atom stereocenters. The summed E-state index contributed by atoms with van der Waals surface area (Å²) in [7, 11) is 0. The summed E-state index contributed by atoms with van der Waals surface area (Å²) in [6.45, 7) is 0. The fourth-order valence-electron chi connectivity index (χ4n) is 10.1. The van der Waals surface area contributed by atoms with Crippen molar-refractivity contribution in [1.29, 1.82) is 0 Å². The van der Waals surface area contributed by atoms with Gasteiger partial charge in [0, 0.05) is 16.9 Å². The summed E-state index contributed by atoms with van der Waals surface area (Å²) < 4.78 is 0. The van der Waals surface area contributed by atoms with Gasteiger partial charge in [0.2, 0.25) is 0 Å². The lowest BCUT2D eigenvalue weighted by Crippen LogP contribution is -2.36. The molecule has 0 fully saturated rings. The van der Waals surface area contributed by atoms with Crippen molar-refractivity contribution < 1.29 is 0 Å². The molecule has 9 aromatic carbocycles. The molecule has 2 heterocycles. The summed E-state index contributed by atoms with van der Waals surface area (Å²) in [6.07, 6.45) is 1.96. The monoisotopic (exact) mass is 765 g/mol. The van der Waals surface area contributed by atoms with E-state index in [1.165, 1.54) is 66.7 Å². The molecule has 12 rings (SSSR count). The number of rotatable bonds is 5. The molecule has 3 aliphatic rings. The number of benzene rings is 9. The Morgan fingerprint density at radius 1 is 0.450 bits per heavy atom. The third kappa shape index (κ3) is 5.19. The van der Waals surface area contributed by atoms with Gasteiger partial charge in [-0.25, -0.2) is 0 Å². The molecule has 0 bridgehead atoms. The van der Waals surface area contributed by atoms with Gasteiger partial charge in [0.25, 0.3) is 0 Å². The minimum absolute atomic E-state index is 0.274. The van der Waals surface area contributed by atoms with Crippen molar-refractivity contribution in [3.63, 3.8) is 0 Å². The van der Waals surface area contributed by atoms with Crippen LogP contribution in [0, 0.1) is 0 Å². The number of para-hydroxylation sites is 3. The largest absolute Gasteiger partial charge is 0.360 e. The second kappa shape index (κ2) is 13.7. The van der Waals surface area contributed by atoms with E-state index in [-0.39, 0.29) is 6.17 Å². The molecule has 3 heteroatoms. The second-order valence-corrected chi connectivity index (χ2v) is 15.9. The Kier molecular flexibility index (Phi) is 7.82. The van der Waals surface area contributed by atoms with Crippen molar-refractivity contribution in [3.05, 3.63) is 263 Å². The van der Waals surface area contributed by atoms with E-state index in [4.69, 9.17) is 4.99 Å². The van der Waals surface area contributed by atoms with Gasteiger partial charge in [-0.1, -0.05) is 188 Å². The molecule has 0 radical (unpaired) electrons. The summed E-state index contributed by atoms with van der Waals surface area (Å²) in [6, 6.07) is 79.5. The lowest BCUT2D eigenvalue weighted by atomic mass is 9.64. The van der Waals surface area contributed by atoms with Crippen molar-refractivity contribution in [3.8, 4) is 22.3 Å². The third-order valence-corrected chi connectivity index (χ3v) is 12.7. The molecule has 1 N–H and O–H groups in total. The van der Waals surface area contributed by atoms with Gasteiger partial charge in [0.05, 0.1) is 22.5 Å². The predicted octanol–water partition coefficient (Wildman–Crippen LogP) is 13.8. The van der Waals surface area contributed by atoms with Crippen molar-refractivity contribution in [1.82, 2.24) is 5.32 Å². The van der Waals surface area contributed by atoms with E-state index >= 15 is 0 Å². The number of fused-ring (bicyclic) bond motifs is 11. The molecular weight excluding hydrogens is 727 g/mol. The lowest BCUT2D eigenvalue weighted by Gasteiger charge is -2.45. The summed E-state index contributed by atoms with van der Waals surface area (Å²) in [5, 5.41) is 6.31. The zero-order valence-electron chi connectivity index (χ0n) is 32.8. The van der Waals surface area contributed by atoms with Crippen LogP contribution >= 0.6 is 0 Å². The third-order valence-electron chi connectivity index (χ3n) is 12.7. The van der Waals surface area contributed by atoms with E-state index in [1.807, 2.05) is 0 Å². The van der Waals surface area contributed by atoms with E-state index in [0.29, 0.717) is 0 Å². The average molecular weight is 766 g/mol. The molecule has 0 amide bonds. The van der Waals surface area contributed by atoms with Crippen molar-refractivity contribution >= 4 is 39.2 Å². The molecule has 0 saturated heterocycles. The van der Waals surface area contributed by atoms with Crippen LogP contribution in [0.1, 0.15) is 45.1 Å². The van der Waals surface area contributed by atoms with Crippen LogP contribution in [0.5, 0.6) is 0 Å². The normalized spacial score (nSPS) is 15.6. The highest BCUT2D eigenvalue weighted by Crippen LogP contribution is 2.64. The molecule has 1 spiro atoms. The van der Waals surface area contributed by atoms with Gasteiger partial charge >= 0.3 is 0 Å². The van der Waals surface area contributed by atoms with Gasteiger partial charge in [-0.3, -0.25) is 4.99 Å². The molecule has 1 aliphatic carbocycles. The summed E-state index contributed by atoms with van der Waals surface area (Å²) >= 11 is 0. The lowest BCUT2D eigenvalue weighted by molar-refractivity contribution is 0.664. The number of aliphatic imine (C=N–C) groups is 1. The number of hydrogen-bond acceptors (Lipinski definition) is 3. The van der Waals surface area contributed by atoms with E-state index in [1.54, 1.807) is 0 Å². The molecule has 1 atom stereocenters. The van der Waals surface area contributed by atoms with Gasteiger partial charge in [0.15, 0.2) is 0 Å². The highest BCUT2D eigenvalue weighted by atomic mass is 15.2. The van der Waals surface area contributed by atoms with Crippen LogP contribution in [0.2, 0.25) is 0 Å². The minimum Gasteiger partial charge on any atom is -0.360 e. The Morgan fingerprint density at radius 2 is 1.03 bits per heavy atom. The zero-order chi connectivity index (χ0) is 39.6. The highest BCUT2D eigenvalue weighted by molar-refractivity contribution is 6.14. The Labute approximate surface area is 350 Å². The van der Waals surface area contributed by atoms with E-state index in [2.05, 4.69) is 235 Å². The molecule has 60 heavy (non-hydrogen) atoms. The molecule has 9 aromatic rings. The minimum atomic E-state index is -0.588. The smallest absolute Gasteiger partial charge is 0.145 e. The Hall–Kier alpha value is -7.75. The number of anilines is 3. The summed E-state index contributed by atoms with van der Waals surface area (Å²) in [5.74, 6) is 0. The molecular formula is C57H39N3. The van der Waals surface area contributed by atoms with Crippen LogP contribution in [-0.4, -0.2) is 5.71 Å². The zero-order valence-corrected chi connectivity index (χ0v) is 32.8. The maximum absolute atomic E-state index is 5.52. The van der Waals surface area contributed by atoms with Gasteiger partial charge in [0.1, 0.15) is 6.17 Å². The van der Waals surface area contributed by atoms with Crippen molar-refractivity contribution in [2.45, 2.75) is 11.6 Å². The Balaban J connectivity index is 1.10. The topological polar surface area (TPSA) is 27.6 Å². The Morgan fingerprint density at radius 3 is 1.75 bits per heavy atom. The first kappa shape index (κ1) is 34.3. The number of allylic oxidation sites excluding steroid dienone is 1. The molecule has 3 nitrogen and oxygen atoms in total. The van der Waals surface area contributed by atoms with Crippen LogP contribution in [0.4, 0.5) is 17.1 Å². The molecule has 282 valence electrons. The highest BCUT2D eigenvalue weighted by Gasteiger charge is 2.52. The maximum Gasteiger partial charge on any atom is 0.145 e. The van der Waals surface area contributed by atoms with Gasteiger partial charge in [-0.2, -0.15) is 0 Å². The summed E-state index contributed by atoms with van der Waals surface area (Å²) in [5.41, 5.74) is 18.3.